The molecular weight excluding hydrogens is 254 g/mol. The summed E-state index contributed by atoms with van der Waals surface area (Å²) >= 11 is 0. The summed E-state index contributed by atoms with van der Waals surface area (Å²) in [5.41, 5.74) is 12.6. The van der Waals surface area contributed by atoms with Crippen molar-refractivity contribution in [3.8, 4) is 11.6 Å². The molecule has 2 rings (SSSR count). The number of nitrogens with two attached hydrogens (primary N) is 2. The van der Waals surface area contributed by atoms with Gasteiger partial charge in [-0.25, -0.2) is 4.98 Å². The van der Waals surface area contributed by atoms with E-state index in [-0.39, 0.29) is 11.4 Å². The Balaban J connectivity index is 2.28. The zero-order valence-corrected chi connectivity index (χ0v) is 11.5. The van der Waals surface area contributed by atoms with Gasteiger partial charge in [-0.1, -0.05) is 26.0 Å². The topological polar surface area (TPSA) is 91.2 Å². The van der Waals surface area contributed by atoms with Crippen molar-refractivity contribution < 1.29 is 9.53 Å². The van der Waals surface area contributed by atoms with Crippen molar-refractivity contribution in [1.29, 1.82) is 0 Å². The van der Waals surface area contributed by atoms with E-state index in [1.54, 1.807) is 0 Å². The lowest BCUT2D eigenvalue weighted by molar-refractivity contribution is 0.0997. The first-order chi connectivity index (χ1) is 9.47. The van der Waals surface area contributed by atoms with Crippen LogP contribution in [0.3, 0.4) is 0 Å². The standard InChI is InChI=1S/C15H17N3O2/c1-9(2)10-3-5-12(6-4-10)20-15-13(14(17)19)7-11(16)8-18-15/h3-9H,16H2,1-2H3,(H2,17,19). The van der Waals surface area contributed by atoms with Gasteiger partial charge in [0.2, 0.25) is 5.88 Å². The lowest BCUT2D eigenvalue weighted by Crippen LogP contribution is -2.13. The molecule has 0 atom stereocenters. The van der Waals surface area contributed by atoms with Crippen molar-refractivity contribution in [3.05, 3.63) is 47.7 Å². The third kappa shape index (κ3) is 3.06. The molecule has 0 aliphatic rings. The first kappa shape index (κ1) is 13.9. The number of amides is 1. The van der Waals surface area contributed by atoms with Gasteiger partial charge < -0.3 is 16.2 Å². The van der Waals surface area contributed by atoms with Crippen LogP contribution in [0.4, 0.5) is 5.69 Å². The van der Waals surface area contributed by atoms with Gasteiger partial charge in [0.1, 0.15) is 11.3 Å². The van der Waals surface area contributed by atoms with Crippen LogP contribution in [0.25, 0.3) is 0 Å². The molecule has 1 heterocycles. The summed E-state index contributed by atoms with van der Waals surface area (Å²) in [5.74, 6) is 0.566. The van der Waals surface area contributed by atoms with Crippen LogP contribution in [0.2, 0.25) is 0 Å². The van der Waals surface area contributed by atoms with Gasteiger partial charge in [-0.05, 0) is 29.7 Å². The molecule has 0 saturated carbocycles. The van der Waals surface area contributed by atoms with Gasteiger partial charge in [-0.2, -0.15) is 0 Å². The van der Waals surface area contributed by atoms with E-state index in [4.69, 9.17) is 16.2 Å². The summed E-state index contributed by atoms with van der Waals surface area (Å²) in [6.07, 6.45) is 1.42. The number of primary amides is 1. The third-order valence-corrected chi connectivity index (χ3v) is 2.90. The number of aromatic nitrogens is 1. The molecule has 0 aliphatic carbocycles. The predicted octanol–water partition coefficient (Wildman–Crippen LogP) is 2.68. The van der Waals surface area contributed by atoms with Crippen LogP contribution >= 0.6 is 0 Å². The molecule has 1 aromatic heterocycles. The summed E-state index contributed by atoms with van der Waals surface area (Å²) in [7, 11) is 0. The normalized spacial score (nSPS) is 10.6. The van der Waals surface area contributed by atoms with E-state index < -0.39 is 5.91 Å². The fraction of sp³-hybridized carbons (Fsp3) is 0.200. The molecule has 104 valence electrons. The average molecular weight is 271 g/mol. The number of hydrogen-bond acceptors (Lipinski definition) is 4. The van der Waals surface area contributed by atoms with Gasteiger partial charge in [0, 0.05) is 0 Å². The molecule has 0 fully saturated rings. The molecule has 1 amide bonds. The smallest absolute Gasteiger partial charge is 0.254 e. The van der Waals surface area contributed by atoms with Crippen molar-refractivity contribution in [1.82, 2.24) is 4.98 Å². The van der Waals surface area contributed by atoms with Crippen LogP contribution in [0, 0.1) is 0 Å². The maximum atomic E-state index is 11.4. The van der Waals surface area contributed by atoms with Crippen molar-refractivity contribution in [2.45, 2.75) is 19.8 Å². The highest BCUT2D eigenvalue weighted by molar-refractivity contribution is 5.95. The Bertz CT molecular complexity index is 622. The van der Waals surface area contributed by atoms with Crippen LogP contribution < -0.4 is 16.2 Å². The van der Waals surface area contributed by atoms with E-state index in [0.717, 1.165) is 0 Å². The number of carbonyl (C=O) groups excluding carboxylic acids is 1. The molecule has 20 heavy (non-hydrogen) atoms. The molecule has 0 spiro atoms. The Labute approximate surface area is 117 Å². The van der Waals surface area contributed by atoms with Gasteiger partial charge in [0.15, 0.2) is 0 Å². The summed E-state index contributed by atoms with van der Waals surface area (Å²) in [6.45, 7) is 4.23. The number of pyridine rings is 1. The van der Waals surface area contributed by atoms with Gasteiger partial charge in [-0.3, -0.25) is 4.79 Å². The van der Waals surface area contributed by atoms with Gasteiger partial charge in [0.25, 0.3) is 5.91 Å². The van der Waals surface area contributed by atoms with Crippen LogP contribution in [0.1, 0.15) is 35.7 Å². The maximum absolute atomic E-state index is 11.4. The second-order valence-corrected chi connectivity index (χ2v) is 4.81. The number of ether oxygens (including phenoxy) is 1. The highest BCUT2D eigenvalue weighted by Crippen LogP contribution is 2.25. The molecule has 0 unspecified atom stereocenters. The van der Waals surface area contributed by atoms with E-state index >= 15 is 0 Å². The summed E-state index contributed by atoms with van der Waals surface area (Å²) in [5, 5.41) is 0. The molecule has 0 aliphatic heterocycles. The Morgan fingerprint density at radius 2 is 1.90 bits per heavy atom. The molecule has 2 aromatic rings. The molecule has 5 nitrogen and oxygen atoms in total. The Kier molecular flexibility index (Phi) is 3.89. The lowest BCUT2D eigenvalue weighted by atomic mass is 10.0. The van der Waals surface area contributed by atoms with E-state index in [1.165, 1.54) is 17.8 Å². The first-order valence-electron chi connectivity index (χ1n) is 6.30. The lowest BCUT2D eigenvalue weighted by Gasteiger charge is -2.10. The monoisotopic (exact) mass is 271 g/mol. The van der Waals surface area contributed by atoms with E-state index in [9.17, 15) is 4.79 Å². The average Bonchev–Trinajstić information content (AvgIpc) is 2.41. The number of nitrogen functional groups attached to an aromatic ring is 1. The minimum atomic E-state index is -0.626. The van der Waals surface area contributed by atoms with Crippen LogP contribution in [-0.4, -0.2) is 10.9 Å². The number of benzene rings is 1. The number of hydrogen-bond donors (Lipinski definition) is 2. The summed E-state index contributed by atoms with van der Waals surface area (Å²) in [6, 6.07) is 9.06. The van der Waals surface area contributed by atoms with Gasteiger partial charge >= 0.3 is 0 Å². The maximum Gasteiger partial charge on any atom is 0.254 e. The molecule has 1 aromatic carbocycles. The molecule has 0 bridgehead atoms. The van der Waals surface area contributed by atoms with Gasteiger partial charge in [0.05, 0.1) is 11.9 Å². The Hall–Kier alpha value is -2.56. The van der Waals surface area contributed by atoms with E-state index in [2.05, 4.69) is 18.8 Å². The Morgan fingerprint density at radius 1 is 1.25 bits per heavy atom. The molecule has 0 radical (unpaired) electrons. The van der Waals surface area contributed by atoms with E-state index in [0.29, 0.717) is 17.4 Å². The Morgan fingerprint density at radius 3 is 2.45 bits per heavy atom. The SMILES string of the molecule is CC(C)c1ccc(Oc2ncc(N)cc2C(N)=O)cc1. The first-order valence-corrected chi connectivity index (χ1v) is 6.30. The number of rotatable bonds is 4. The minimum absolute atomic E-state index is 0.156. The summed E-state index contributed by atoms with van der Waals surface area (Å²) < 4.78 is 5.59. The van der Waals surface area contributed by atoms with Crippen LogP contribution in [-0.2, 0) is 0 Å². The van der Waals surface area contributed by atoms with Crippen LogP contribution in [0.5, 0.6) is 11.6 Å². The second-order valence-electron chi connectivity index (χ2n) is 4.81. The van der Waals surface area contributed by atoms with Crippen molar-refractivity contribution in [2.24, 2.45) is 5.73 Å². The number of nitrogens with zero attached hydrogens (tertiary/aromatic N) is 1. The fourth-order valence-corrected chi connectivity index (χ4v) is 1.76. The van der Waals surface area contributed by atoms with Crippen LogP contribution in [0.15, 0.2) is 36.5 Å². The summed E-state index contributed by atoms with van der Waals surface area (Å²) in [4.78, 5) is 15.4. The molecule has 0 saturated heterocycles. The zero-order chi connectivity index (χ0) is 14.7. The number of carbonyl (C=O) groups is 1. The largest absolute Gasteiger partial charge is 0.438 e. The third-order valence-electron chi connectivity index (χ3n) is 2.90. The van der Waals surface area contributed by atoms with Crippen molar-refractivity contribution in [3.63, 3.8) is 0 Å². The van der Waals surface area contributed by atoms with Crippen molar-refractivity contribution >= 4 is 11.6 Å². The van der Waals surface area contributed by atoms with E-state index in [1.807, 2.05) is 24.3 Å². The second kappa shape index (κ2) is 5.61. The predicted molar refractivity (Wildman–Crippen MR) is 77.8 cm³/mol. The zero-order valence-electron chi connectivity index (χ0n) is 11.5. The van der Waals surface area contributed by atoms with Gasteiger partial charge in [-0.15, -0.1) is 0 Å². The molecule has 4 N–H and O–H groups in total. The minimum Gasteiger partial charge on any atom is -0.438 e. The molecular formula is C15H17N3O2. The highest BCUT2D eigenvalue weighted by atomic mass is 16.5. The highest BCUT2D eigenvalue weighted by Gasteiger charge is 2.12. The quantitative estimate of drug-likeness (QED) is 0.894. The fourth-order valence-electron chi connectivity index (χ4n) is 1.76. The number of anilines is 1. The molecule has 5 heteroatoms. The van der Waals surface area contributed by atoms with Crippen molar-refractivity contribution in [2.75, 3.05) is 5.73 Å².